The van der Waals surface area contributed by atoms with E-state index in [-0.39, 0.29) is 18.3 Å². The lowest BCUT2D eigenvalue weighted by Gasteiger charge is -2.06. The van der Waals surface area contributed by atoms with Gasteiger partial charge in [0.05, 0.1) is 0 Å². The minimum absolute atomic E-state index is 0.295. The van der Waals surface area contributed by atoms with Gasteiger partial charge in [0.25, 0.3) is 5.91 Å². The summed E-state index contributed by atoms with van der Waals surface area (Å²) in [5.41, 5.74) is 2.05. The van der Waals surface area contributed by atoms with Gasteiger partial charge in [-0.15, -0.1) is 0 Å². The van der Waals surface area contributed by atoms with Crippen molar-refractivity contribution in [2.24, 2.45) is 0 Å². The zero-order valence-corrected chi connectivity index (χ0v) is 13.4. The Labute approximate surface area is 143 Å². The Morgan fingerprint density at radius 1 is 1.08 bits per heavy atom. The van der Waals surface area contributed by atoms with Crippen LogP contribution in [0.5, 0.6) is 0 Å². The van der Waals surface area contributed by atoms with Gasteiger partial charge in [0.1, 0.15) is 11.5 Å². The van der Waals surface area contributed by atoms with Crippen molar-refractivity contribution in [3.05, 3.63) is 71.7 Å². The Bertz CT molecular complexity index is 854. The van der Waals surface area contributed by atoms with E-state index in [0.717, 1.165) is 16.5 Å². The van der Waals surface area contributed by atoms with Gasteiger partial charge in [-0.3, -0.25) is 4.79 Å². The second-order valence-electron chi connectivity index (χ2n) is 5.57. The van der Waals surface area contributed by atoms with Crippen molar-refractivity contribution >= 4 is 22.8 Å². The summed E-state index contributed by atoms with van der Waals surface area (Å²) in [5.74, 6) is -1.26. The molecule has 5 nitrogen and oxygen atoms in total. The number of halogens is 1. The molecule has 1 aromatic heterocycles. The second kappa shape index (κ2) is 7.61. The predicted octanol–water partition coefficient (Wildman–Crippen LogP) is 2.82. The lowest BCUT2D eigenvalue weighted by atomic mass is 10.1. The molecule has 128 valence electrons. The molecule has 0 aliphatic rings. The molecule has 25 heavy (non-hydrogen) atoms. The maximum atomic E-state index is 12.8. The SMILES string of the molecule is O=C(COC(=O)c1cc2ccccc2[nH]1)NCCc1ccc(F)cc1. The molecule has 6 heteroatoms. The molecule has 1 heterocycles. The van der Waals surface area contributed by atoms with Gasteiger partial charge in [-0.25, -0.2) is 9.18 Å². The summed E-state index contributed by atoms with van der Waals surface area (Å²) in [6.45, 7) is 0.0338. The first-order valence-electron chi connectivity index (χ1n) is 7.88. The standard InChI is InChI=1S/C19H17FN2O3/c20-15-7-5-13(6-8-15)9-10-21-18(23)12-25-19(24)17-11-14-3-1-2-4-16(14)22-17/h1-8,11,22H,9-10,12H2,(H,21,23). The third kappa shape index (κ3) is 4.44. The number of para-hydroxylation sites is 1. The van der Waals surface area contributed by atoms with Crippen LogP contribution in [-0.4, -0.2) is 30.0 Å². The highest BCUT2D eigenvalue weighted by molar-refractivity contribution is 5.95. The van der Waals surface area contributed by atoms with E-state index >= 15 is 0 Å². The molecular weight excluding hydrogens is 323 g/mol. The Kier molecular flexibility index (Phi) is 5.09. The van der Waals surface area contributed by atoms with Crippen molar-refractivity contribution < 1.29 is 18.7 Å². The highest BCUT2D eigenvalue weighted by Gasteiger charge is 2.12. The van der Waals surface area contributed by atoms with Crippen LogP contribution < -0.4 is 5.32 Å². The molecular formula is C19H17FN2O3. The number of carbonyl (C=O) groups is 2. The molecule has 0 aliphatic carbocycles. The maximum absolute atomic E-state index is 12.8. The van der Waals surface area contributed by atoms with Crippen LogP contribution in [0.2, 0.25) is 0 Å². The highest BCUT2D eigenvalue weighted by atomic mass is 19.1. The zero-order chi connectivity index (χ0) is 17.6. The zero-order valence-electron chi connectivity index (χ0n) is 13.4. The summed E-state index contributed by atoms with van der Waals surface area (Å²) < 4.78 is 17.8. The molecule has 0 radical (unpaired) electrons. The number of H-pyrrole nitrogens is 1. The first-order valence-corrected chi connectivity index (χ1v) is 7.88. The quantitative estimate of drug-likeness (QED) is 0.678. The smallest absolute Gasteiger partial charge is 0.355 e. The van der Waals surface area contributed by atoms with Crippen molar-refractivity contribution in [3.63, 3.8) is 0 Å². The number of esters is 1. The molecule has 0 fully saturated rings. The van der Waals surface area contributed by atoms with E-state index in [9.17, 15) is 14.0 Å². The van der Waals surface area contributed by atoms with Crippen molar-refractivity contribution in [2.45, 2.75) is 6.42 Å². The molecule has 0 unspecified atom stereocenters. The molecule has 0 bridgehead atoms. The van der Waals surface area contributed by atoms with Crippen molar-refractivity contribution in [2.75, 3.05) is 13.2 Å². The van der Waals surface area contributed by atoms with Crippen LogP contribution >= 0.6 is 0 Å². The molecule has 0 spiro atoms. The number of fused-ring (bicyclic) bond motifs is 1. The summed E-state index contributed by atoms with van der Waals surface area (Å²) in [7, 11) is 0. The van der Waals surface area contributed by atoms with Crippen LogP contribution in [0.15, 0.2) is 54.6 Å². The van der Waals surface area contributed by atoms with E-state index in [4.69, 9.17) is 4.74 Å². The topological polar surface area (TPSA) is 71.2 Å². The number of rotatable bonds is 6. The van der Waals surface area contributed by atoms with Gasteiger partial charge in [-0.2, -0.15) is 0 Å². The van der Waals surface area contributed by atoms with E-state index < -0.39 is 5.97 Å². The number of amides is 1. The van der Waals surface area contributed by atoms with Gasteiger partial charge in [-0.05, 0) is 36.2 Å². The Balaban J connectivity index is 1.43. The van der Waals surface area contributed by atoms with Crippen LogP contribution in [0, 0.1) is 5.82 Å². The summed E-state index contributed by atoms with van der Waals surface area (Å²) in [6, 6.07) is 15.2. The van der Waals surface area contributed by atoms with Crippen molar-refractivity contribution in [1.82, 2.24) is 10.3 Å². The minimum atomic E-state index is -0.579. The molecule has 2 aromatic carbocycles. The number of aromatic nitrogens is 1. The van der Waals surface area contributed by atoms with Crippen molar-refractivity contribution in [3.8, 4) is 0 Å². The number of nitrogens with one attached hydrogen (secondary N) is 2. The Morgan fingerprint density at radius 3 is 2.60 bits per heavy atom. The van der Waals surface area contributed by atoms with Gasteiger partial charge >= 0.3 is 5.97 Å². The summed E-state index contributed by atoms with van der Waals surface area (Å²) in [4.78, 5) is 26.7. The number of carbonyl (C=O) groups excluding carboxylic acids is 2. The number of hydrogen-bond donors (Lipinski definition) is 2. The molecule has 3 rings (SSSR count). The fraction of sp³-hybridized carbons (Fsp3) is 0.158. The molecule has 0 atom stereocenters. The normalized spacial score (nSPS) is 10.6. The lowest BCUT2D eigenvalue weighted by Crippen LogP contribution is -2.30. The number of benzene rings is 2. The molecule has 1 amide bonds. The monoisotopic (exact) mass is 340 g/mol. The first kappa shape index (κ1) is 16.7. The lowest BCUT2D eigenvalue weighted by molar-refractivity contribution is -0.124. The highest BCUT2D eigenvalue weighted by Crippen LogP contribution is 2.15. The summed E-state index contributed by atoms with van der Waals surface area (Å²) in [5, 5.41) is 3.56. The average molecular weight is 340 g/mol. The molecule has 0 saturated carbocycles. The minimum Gasteiger partial charge on any atom is -0.451 e. The number of aromatic amines is 1. The van der Waals surface area contributed by atoms with E-state index in [1.807, 2.05) is 24.3 Å². The van der Waals surface area contributed by atoms with Crippen molar-refractivity contribution in [1.29, 1.82) is 0 Å². The van der Waals surface area contributed by atoms with E-state index in [2.05, 4.69) is 10.3 Å². The van der Waals surface area contributed by atoms with Gasteiger partial charge in [0, 0.05) is 17.4 Å². The third-order valence-corrected chi connectivity index (χ3v) is 3.73. The summed E-state index contributed by atoms with van der Waals surface area (Å²) in [6.07, 6.45) is 0.571. The van der Waals surface area contributed by atoms with Crippen LogP contribution in [0.1, 0.15) is 16.1 Å². The van der Waals surface area contributed by atoms with Gasteiger partial charge in [-0.1, -0.05) is 30.3 Å². The number of ether oxygens (including phenoxy) is 1. The third-order valence-electron chi connectivity index (χ3n) is 3.73. The van der Waals surface area contributed by atoms with Gasteiger partial charge in [0.15, 0.2) is 6.61 Å². The molecule has 2 N–H and O–H groups in total. The Hall–Kier alpha value is -3.15. The maximum Gasteiger partial charge on any atom is 0.355 e. The summed E-state index contributed by atoms with van der Waals surface area (Å²) >= 11 is 0. The van der Waals surface area contributed by atoms with Gasteiger partial charge < -0.3 is 15.0 Å². The van der Waals surface area contributed by atoms with Gasteiger partial charge in [0.2, 0.25) is 0 Å². The largest absolute Gasteiger partial charge is 0.451 e. The number of hydrogen-bond acceptors (Lipinski definition) is 3. The van der Waals surface area contributed by atoms with Crippen LogP contribution in [-0.2, 0) is 16.0 Å². The molecule has 0 aliphatic heterocycles. The van der Waals surface area contributed by atoms with Crippen LogP contribution in [0.3, 0.4) is 0 Å². The fourth-order valence-electron chi connectivity index (χ4n) is 2.44. The van der Waals surface area contributed by atoms with E-state index in [1.165, 1.54) is 12.1 Å². The second-order valence-corrected chi connectivity index (χ2v) is 5.57. The first-order chi connectivity index (χ1) is 12.1. The van der Waals surface area contributed by atoms with Crippen LogP contribution in [0.4, 0.5) is 4.39 Å². The average Bonchev–Trinajstić information content (AvgIpc) is 3.05. The van der Waals surface area contributed by atoms with E-state index in [1.54, 1.807) is 18.2 Å². The predicted molar refractivity (Wildman–Crippen MR) is 91.7 cm³/mol. The Morgan fingerprint density at radius 2 is 1.84 bits per heavy atom. The fourth-order valence-corrected chi connectivity index (χ4v) is 2.44. The molecule has 0 saturated heterocycles. The van der Waals surface area contributed by atoms with Crippen LogP contribution in [0.25, 0.3) is 10.9 Å². The molecule has 3 aromatic rings. The van der Waals surface area contributed by atoms with E-state index in [0.29, 0.717) is 18.7 Å².